The lowest BCUT2D eigenvalue weighted by Gasteiger charge is -2.31. The molecule has 2 atom stereocenters. The van der Waals surface area contributed by atoms with Crippen LogP contribution in [0.4, 0.5) is 0 Å². The van der Waals surface area contributed by atoms with E-state index < -0.39 is 0 Å². The molecule has 1 saturated heterocycles. The van der Waals surface area contributed by atoms with E-state index in [-0.39, 0.29) is 6.10 Å². The van der Waals surface area contributed by atoms with Crippen LogP contribution in [0.5, 0.6) is 0 Å². The van der Waals surface area contributed by atoms with Crippen molar-refractivity contribution in [1.29, 1.82) is 0 Å². The molecule has 1 aliphatic heterocycles. The van der Waals surface area contributed by atoms with E-state index in [1.54, 1.807) is 0 Å². The van der Waals surface area contributed by atoms with Crippen LogP contribution in [0.15, 0.2) is 30.3 Å². The summed E-state index contributed by atoms with van der Waals surface area (Å²) >= 11 is 0. The fourth-order valence-corrected chi connectivity index (χ4v) is 2.18. The molecular weight excluding hydrogens is 214 g/mol. The number of hydrogen-bond donors (Lipinski definition) is 1. The molecule has 1 aromatic carbocycles. The molecule has 0 bridgehead atoms. The van der Waals surface area contributed by atoms with Crippen LogP contribution < -0.4 is 5.32 Å². The summed E-state index contributed by atoms with van der Waals surface area (Å²) in [7, 11) is 1.99. The van der Waals surface area contributed by atoms with Crippen molar-refractivity contribution in [2.75, 3.05) is 26.9 Å². The van der Waals surface area contributed by atoms with Gasteiger partial charge in [-0.05, 0) is 25.5 Å². The Balaban J connectivity index is 1.74. The topological polar surface area (TPSA) is 30.5 Å². The van der Waals surface area contributed by atoms with Gasteiger partial charge in [0.05, 0.1) is 19.3 Å². The molecule has 0 amide bonds. The van der Waals surface area contributed by atoms with Crippen LogP contribution in [0.2, 0.25) is 0 Å². The second-order valence-electron chi connectivity index (χ2n) is 4.40. The first-order chi connectivity index (χ1) is 8.40. The second-order valence-corrected chi connectivity index (χ2v) is 4.40. The minimum Gasteiger partial charge on any atom is -0.379 e. The molecule has 3 nitrogen and oxygen atoms in total. The third-order valence-corrected chi connectivity index (χ3v) is 3.24. The predicted octanol–water partition coefficient (Wildman–Crippen LogP) is 1.62. The monoisotopic (exact) mass is 235 g/mol. The van der Waals surface area contributed by atoms with Crippen LogP contribution in [-0.4, -0.2) is 39.0 Å². The lowest BCUT2D eigenvalue weighted by molar-refractivity contribution is -0.0665. The van der Waals surface area contributed by atoms with Crippen molar-refractivity contribution < 1.29 is 9.47 Å². The van der Waals surface area contributed by atoms with Gasteiger partial charge < -0.3 is 14.8 Å². The Morgan fingerprint density at radius 3 is 2.94 bits per heavy atom. The van der Waals surface area contributed by atoms with Gasteiger partial charge in [0.2, 0.25) is 0 Å². The van der Waals surface area contributed by atoms with E-state index in [4.69, 9.17) is 9.47 Å². The van der Waals surface area contributed by atoms with E-state index >= 15 is 0 Å². The van der Waals surface area contributed by atoms with Gasteiger partial charge >= 0.3 is 0 Å². The Morgan fingerprint density at radius 2 is 2.18 bits per heavy atom. The van der Waals surface area contributed by atoms with Crippen LogP contribution in [0.25, 0.3) is 0 Å². The summed E-state index contributed by atoms with van der Waals surface area (Å²) in [6.45, 7) is 2.31. The van der Waals surface area contributed by atoms with Crippen molar-refractivity contribution in [3.8, 4) is 0 Å². The molecule has 1 fully saturated rings. The molecule has 1 heterocycles. The minimum absolute atomic E-state index is 0.192. The molecule has 3 heteroatoms. The quantitative estimate of drug-likeness (QED) is 0.841. The summed E-state index contributed by atoms with van der Waals surface area (Å²) in [4.78, 5) is 0. The average Bonchev–Trinajstić information content (AvgIpc) is 2.40. The van der Waals surface area contributed by atoms with Gasteiger partial charge in [-0.2, -0.15) is 0 Å². The fourth-order valence-electron chi connectivity index (χ4n) is 2.18. The average molecular weight is 235 g/mol. The Bertz CT molecular complexity index is 315. The highest BCUT2D eigenvalue weighted by Crippen LogP contribution is 2.11. The van der Waals surface area contributed by atoms with Crippen LogP contribution in [0, 0.1) is 0 Å². The molecule has 17 heavy (non-hydrogen) atoms. The van der Waals surface area contributed by atoms with Gasteiger partial charge in [-0.1, -0.05) is 30.3 Å². The molecule has 1 aliphatic rings. The van der Waals surface area contributed by atoms with Gasteiger partial charge in [0, 0.05) is 12.6 Å². The molecule has 0 saturated carbocycles. The van der Waals surface area contributed by atoms with Crippen LogP contribution in [-0.2, 0) is 15.9 Å². The zero-order valence-corrected chi connectivity index (χ0v) is 10.4. The first-order valence-electron chi connectivity index (χ1n) is 6.30. The maximum atomic E-state index is 5.90. The maximum Gasteiger partial charge on any atom is 0.0961 e. The molecule has 0 aromatic heterocycles. The maximum absolute atomic E-state index is 5.90. The van der Waals surface area contributed by atoms with Gasteiger partial charge in [-0.3, -0.25) is 0 Å². The van der Waals surface area contributed by atoms with Crippen LogP contribution >= 0.6 is 0 Å². The van der Waals surface area contributed by atoms with Crippen molar-refractivity contribution in [3.63, 3.8) is 0 Å². The third kappa shape index (κ3) is 3.80. The van der Waals surface area contributed by atoms with E-state index in [9.17, 15) is 0 Å². The lowest BCUT2D eigenvalue weighted by Crippen LogP contribution is -2.46. The van der Waals surface area contributed by atoms with Crippen molar-refractivity contribution in [2.45, 2.75) is 25.0 Å². The smallest absolute Gasteiger partial charge is 0.0961 e. The summed E-state index contributed by atoms with van der Waals surface area (Å²) in [5.41, 5.74) is 1.32. The van der Waals surface area contributed by atoms with Crippen LogP contribution in [0.3, 0.4) is 0 Å². The third-order valence-electron chi connectivity index (χ3n) is 3.24. The zero-order valence-electron chi connectivity index (χ0n) is 10.4. The highest BCUT2D eigenvalue weighted by molar-refractivity contribution is 5.14. The second kappa shape index (κ2) is 6.74. The van der Waals surface area contributed by atoms with E-state index in [0.29, 0.717) is 12.6 Å². The van der Waals surface area contributed by atoms with E-state index in [1.165, 1.54) is 5.56 Å². The number of rotatable bonds is 5. The zero-order chi connectivity index (χ0) is 11.9. The van der Waals surface area contributed by atoms with Crippen molar-refractivity contribution in [2.24, 2.45) is 0 Å². The summed E-state index contributed by atoms with van der Waals surface area (Å²) in [6.07, 6.45) is 2.19. The van der Waals surface area contributed by atoms with E-state index in [2.05, 4.69) is 29.6 Å². The Kier molecular flexibility index (Phi) is 4.98. The Morgan fingerprint density at radius 1 is 1.35 bits per heavy atom. The summed E-state index contributed by atoms with van der Waals surface area (Å²) in [5.74, 6) is 0. The normalized spacial score (nSPS) is 24.8. The summed E-state index contributed by atoms with van der Waals surface area (Å²) < 4.78 is 11.4. The van der Waals surface area contributed by atoms with Gasteiger partial charge in [0.1, 0.15) is 0 Å². The number of nitrogens with one attached hydrogen (secondary N) is 1. The largest absolute Gasteiger partial charge is 0.379 e. The Labute approximate surface area is 103 Å². The highest BCUT2D eigenvalue weighted by atomic mass is 16.5. The molecule has 94 valence electrons. The lowest BCUT2D eigenvalue weighted by atomic mass is 10.1. The number of benzene rings is 1. The van der Waals surface area contributed by atoms with Crippen molar-refractivity contribution in [3.05, 3.63) is 35.9 Å². The molecule has 0 aliphatic carbocycles. The Hall–Kier alpha value is -0.900. The summed E-state index contributed by atoms with van der Waals surface area (Å²) in [6, 6.07) is 10.9. The SMILES string of the molecule is CNC1CCOCC1OCCc1ccccc1. The first kappa shape index (κ1) is 12.6. The van der Waals surface area contributed by atoms with Gasteiger partial charge in [0.15, 0.2) is 0 Å². The van der Waals surface area contributed by atoms with Gasteiger partial charge in [0.25, 0.3) is 0 Å². The van der Waals surface area contributed by atoms with Crippen LogP contribution in [0.1, 0.15) is 12.0 Å². The van der Waals surface area contributed by atoms with Crippen molar-refractivity contribution in [1.82, 2.24) is 5.32 Å². The first-order valence-corrected chi connectivity index (χ1v) is 6.30. The molecule has 1 aromatic rings. The van der Waals surface area contributed by atoms with Gasteiger partial charge in [-0.15, -0.1) is 0 Å². The van der Waals surface area contributed by atoms with Gasteiger partial charge in [-0.25, -0.2) is 0 Å². The molecule has 0 spiro atoms. The van der Waals surface area contributed by atoms with E-state index in [1.807, 2.05) is 13.1 Å². The number of hydrogen-bond acceptors (Lipinski definition) is 3. The summed E-state index contributed by atoms with van der Waals surface area (Å²) in [5, 5.41) is 3.30. The predicted molar refractivity (Wildman–Crippen MR) is 68.2 cm³/mol. The number of likely N-dealkylation sites (N-methyl/N-ethyl adjacent to an activating group) is 1. The standard InChI is InChI=1S/C14H21NO2/c1-15-13-8-9-16-11-14(13)17-10-7-12-5-3-2-4-6-12/h2-6,13-15H,7-11H2,1H3. The molecular formula is C14H21NO2. The molecule has 0 radical (unpaired) electrons. The molecule has 2 unspecified atom stereocenters. The van der Waals surface area contributed by atoms with E-state index in [0.717, 1.165) is 26.1 Å². The minimum atomic E-state index is 0.192. The fraction of sp³-hybridized carbons (Fsp3) is 0.571. The molecule has 2 rings (SSSR count). The highest BCUT2D eigenvalue weighted by Gasteiger charge is 2.24. The molecule has 1 N–H and O–H groups in total. The van der Waals surface area contributed by atoms with Crippen molar-refractivity contribution >= 4 is 0 Å². The number of ether oxygens (including phenoxy) is 2.